The summed E-state index contributed by atoms with van der Waals surface area (Å²) in [6.45, 7) is 2.02. The number of H-pyrrole nitrogens is 1. The van der Waals surface area contributed by atoms with Gasteiger partial charge < -0.3 is 10.5 Å². The number of nitrogens with two attached hydrogens (primary N) is 1. The first kappa shape index (κ1) is 14.4. The molecule has 0 bridgehead atoms. The molecule has 2 rings (SSSR count). The number of hydrogen-bond acceptors (Lipinski definition) is 5. The Bertz CT molecular complexity index is 543. The number of hydrogen-bond donors (Lipinski definition) is 3. The molecule has 1 heterocycles. The molecule has 1 saturated carbocycles. The van der Waals surface area contributed by atoms with Gasteiger partial charge >= 0.3 is 0 Å². The Hall–Kier alpha value is -0.960. The van der Waals surface area contributed by atoms with E-state index >= 15 is 0 Å². The van der Waals surface area contributed by atoms with E-state index < -0.39 is 10.0 Å². The molecule has 1 aliphatic rings. The average molecular weight is 288 g/mol. The summed E-state index contributed by atoms with van der Waals surface area (Å²) in [6, 6.07) is 0. The molecule has 0 aliphatic heterocycles. The molecule has 0 amide bonds. The molecule has 1 aliphatic carbocycles. The highest BCUT2D eigenvalue weighted by Gasteiger charge is 2.38. The zero-order valence-electron chi connectivity index (χ0n) is 11.2. The van der Waals surface area contributed by atoms with E-state index in [4.69, 9.17) is 10.5 Å². The van der Waals surface area contributed by atoms with Crippen molar-refractivity contribution in [1.82, 2.24) is 14.9 Å². The van der Waals surface area contributed by atoms with E-state index in [0.29, 0.717) is 11.4 Å². The van der Waals surface area contributed by atoms with E-state index in [2.05, 4.69) is 14.9 Å². The van der Waals surface area contributed by atoms with Gasteiger partial charge in [-0.05, 0) is 26.2 Å². The Morgan fingerprint density at radius 1 is 1.53 bits per heavy atom. The summed E-state index contributed by atoms with van der Waals surface area (Å²) in [5.41, 5.74) is 6.00. The monoisotopic (exact) mass is 288 g/mol. The maximum absolute atomic E-state index is 12.3. The number of nitrogens with zero attached hydrogens (tertiary/aromatic N) is 1. The Morgan fingerprint density at radius 2 is 2.21 bits per heavy atom. The van der Waals surface area contributed by atoms with Gasteiger partial charge in [-0.25, -0.2) is 13.1 Å². The summed E-state index contributed by atoms with van der Waals surface area (Å²) < 4.78 is 32.6. The van der Waals surface area contributed by atoms with Crippen LogP contribution in [0.25, 0.3) is 0 Å². The standard InChI is InChI=1S/C11H20N4O3S/c1-8-10(9(6-12)15-14-8)19(16,17)13-7-11(18-2)4-3-5-11/h13H,3-7,12H2,1-2H3,(H,14,15). The largest absolute Gasteiger partial charge is 0.377 e. The topological polar surface area (TPSA) is 110 Å². The fourth-order valence-corrected chi connectivity index (χ4v) is 3.77. The predicted molar refractivity (Wildman–Crippen MR) is 70.0 cm³/mol. The van der Waals surface area contributed by atoms with Crippen molar-refractivity contribution >= 4 is 10.0 Å². The Labute approximate surface area is 113 Å². The fraction of sp³-hybridized carbons (Fsp3) is 0.727. The Morgan fingerprint density at radius 3 is 2.68 bits per heavy atom. The van der Waals surface area contributed by atoms with Crippen molar-refractivity contribution in [2.75, 3.05) is 13.7 Å². The maximum atomic E-state index is 12.3. The van der Waals surface area contributed by atoms with Crippen LogP contribution in [-0.2, 0) is 21.3 Å². The number of rotatable bonds is 6. The summed E-state index contributed by atoms with van der Waals surface area (Å²) in [7, 11) is -2.00. The van der Waals surface area contributed by atoms with Gasteiger partial charge in [-0.2, -0.15) is 5.10 Å². The Balaban J connectivity index is 2.16. The van der Waals surface area contributed by atoms with Crippen LogP contribution in [0, 0.1) is 6.92 Å². The van der Waals surface area contributed by atoms with Crippen LogP contribution < -0.4 is 10.5 Å². The van der Waals surface area contributed by atoms with Gasteiger partial charge in [-0.1, -0.05) is 0 Å². The molecule has 7 nitrogen and oxygen atoms in total. The van der Waals surface area contributed by atoms with Crippen molar-refractivity contribution in [1.29, 1.82) is 0 Å². The van der Waals surface area contributed by atoms with Crippen LogP contribution in [0.3, 0.4) is 0 Å². The Kier molecular flexibility index (Phi) is 3.95. The maximum Gasteiger partial charge on any atom is 0.244 e. The number of ether oxygens (including phenoxy) is 1. The lowest BCUT2D eigenvalue weighted by atomic mass is 9.80. The van der Waals surface area contributed by atoms with Crippen molar-refractivity contribution in [3.05, 3.63) is 11.4 Å². The van der Waals surface area contributed by atoms with Gasteiger partial charge in [0.25, 0.3) is 0 Å². The number of nitrogens with one attached hydrogen (secondary N) is 2. The molecule has 4 N–H and O–H groups in total. The number of aromatic nitrogens is 2. The molecule has 0 spiro atoms. The van der Waals surface area contributed by atoms with Crippen LogP contribution in [-0.4, -0.2) is 37.9 Å². The third kappa shape index (κ3) is 2.66. The number of methoxy groups -OCH3 is 1. The van der Waals surface area contributed by atoms with Crippen LogP contribution in [0.4, 0.5) is 0 Å². The molecular weight excluding hydrogens is 268 g/mol. The van der Waals surface area contributed by atoms with Crippen molar-refractivity contribution < 1.29 is 13.2 Å². The summed E-state index contributed by atoms with van der Waals surface area (Å²) >= 11 is 0. The van der Waals surface area contributed by atoms with Gasteiger partial charge in [0.05, 0.1) is 17.0 Å². The van der Waals surface area contributed by atoms with Gasteiger partial charge in [0.2, 0.25) is 10.0 Å². The summed E-state index contributed by atoms with van der Waals surface area (Å²) in [5.74, 6) is 0. The molecule has 0 unspecified atom stereocenters. The minimum atomic E-state index is -3.61. The van der Waals surface area contributed by atoms with Gasteiger partial charge in [0.15, 0.2) is 0 Å². The lowest BCUT2D eigenvalue weighted by Gasteiger charge is -2.40. The molecule has 8 heteroatoms. The second kappa shape index (κ2) is 5.20. The predicted octanol–water partition coefficient (Wildman–Crippen LogP) is 0.0242. The van der Waals surface area contributed by atoms with Crippen molar-refractivity contribution in [3.63, 3.8) is 0 Å². The normalized spacial score (nSPS) is 18.3. The van der Waals surface area contributed by atoms with Crippen LogP contribution in [0.2, 0.25) is 0 Å². The van der Waals surface area contributed by atoms with Crippen LogP contribution in [0.1, 0.15) is 30.7 Å². The third-order valence-electron chi connectivity index (χ3n) is 3.71. The van der Waals surface area contributed by atoms with Gasteiger partial charge in [0.1, 0.15) is 4.90 Å². The lowest BCUT2D eigenvalue weighted by molar-refractivity contribution is -0.0659. The molecular formula is C11H20N4O3S. The molecule has 0 atom stereocenters. The van der Waals surface area contributed by atoms with E-state index in [1.807, 2.05) is 0 Å². The van der Waals surface area contributed by atoms with E-state index in [1.54, 1.807) is 14.0 Å². The molecule has 1 aromatic heterocycles. The van der Waals surface area contributed by atoms with Crippen molar-refractivity contribution in [2.24, 2.45) is 5.73 Å². The summed E-state index contributed by atoms with van der Waals surface area (Å²) in [4.78, 5) is 0.153. The van der Waals surface area contributed by atoms with E-state index in [0.717, 1.165) is 19.3 Å². The highest BCUT2D eigenvalue weighted by molar-refractivity contribution is 7.89. The number of aromatic amines is 1. The lowest BCUT2D eigenvalue weighted by Crippen LogP contribution is -2.49. The van der Waals surface area contributed by atoms with E-state index in [-0.39, 0.29) is 23.6 Å². The van der Waals surface area contributed by atoms with Crippen LogP contribution >= 0.6 is 0 Å². The zero-order valence-corrected chi connectivity index (χ0v) is 12.0. The first-order chi connectivity index (χ1) is 8.94. The molecule has 108 valence electrons. The second-order valence-corrected chi connectivity index (χ2v) is 6.60. The highest BCUT2D eigenvalue weighted by Crippen LogP contribution is 2.34. The fourth-order valence-electron chi connectivity index (χ4n) is 2.29. The molecule has 1 aromatic rings. The third-order valence-corrected chi connectivity index (χ3v) is 5.31. The number of aryl methyl sites for hydroxylation is 1. The average Bonchev–Trinajstić information content (AvgIpc) is 2.70. The smallest absolute Gasteiger partial charge is 0.244 e. The van der Waals surface area contributed by atoms with Gasteiger partial charge in [-0.3, -0.25) is 5.10 Å². The van der Waals surface area contributed by atoms with E-state index in [9.17, 15) is 8.42 Å². The summed E-state index contributed by atoms with van der Waals surface area (Å²) in [6.07, 6.45) is 2.81. The highest BCUT2D eigenvalue weighted by atomic mass is 32.2. The molecule has 0 saturated heterocycles. The SMILES string of the molecule is COC1(CNS(=O)(=O)c2c(CN)n[nH]c2C)CCC1. The van der Waals surface area contributed by atoms with Gasteiger partial charge in [0, 0.05) is 20.2 Å². The number of sulfonamides is 1. The second-order valence-electron chi connectivity index (χ2n) is 4.89. The molecule has 0 radical (unpaired) electrons. The van der Waals surface area contributed by atoms with E-state index in [1.165, 1.54) is 0 Å². The molecule has 1 fully saturated rings. The first-order valence-electron chi connectivity index (χ1n) is 6.23. The minimum Gasteiger partial charge on any atom is -0.377 e. The molecule has 19 heavy (non-hydrogen) atoms. The molecule has 0 aromatic carbocycles. The zero-order chi connectivity index (χ0) is 14.1. The van der Waals surface area contributed by atoms with Crippen LogP contribution in [0.5, 0.6) is 0 Å². The minimum absolute atomic E-state index is 0.0794. The van der Waals surface area contributed by atoms with Gasteiger partial charge in [-0.15, -0.1) is 0 Å². The van der Waals surface area contributed by atoms with Crippen LogP contribution in [0.15, 0.2) is 4.90 Å². The summed E-state index contributed by atoms with van der Waals surface area (Å²) in [5, 5.41) is 6.55. The quantitative estimate of drug-likeness (QED) is 0.683. The first-order valence-corrected chi connectivity index (χ1v) is 7.71. The van der Waals surface area contributed by atoms with Crippen molar-refractivity contribution in [3.8, 4) is 0 Å². The van der Waals surface area contributed by atoms with Crippen molar-refractivity contribution in [2.45, 2.75) is 43.2 Å².